The highest BCUT2D eigenvalue weighted by Gasteiger charge is 2.25. The SMILES string of the molecule is CCN(c1cccc(C)c1C)S(=O)(=O)c1ccc(OC)c(Br)c1. The molecule has 0 saturated heterocycles. The molecule has 0 bridgehead atoms. The van der Waals surface area contributed by atoms with Crippen molar-refractivity contribution in [1.29, 1.82) is 0 Å². The van der Waals surface area contributed by atoms with Crippen LogP contribution in [0.15, 0.2) is 45.8 Å². The summed E-state index contributed by atoms with van der Waals surface area (Å²) in [7, 11) is -2.10. The molecule has 2 rings (SSSR count). The van der Waals surface area contributed by atoms with Crippen LogP contribution in [0, 0.1) is 13.8 Å². The van der Waals surface area contributed by atoms with E-state index in [1.165, 1.54) is 4.31 Å². The number of sulfonamides is 1. The second kappa shape index (κ2) is 6.93. The van der Waals surface area contributed by atoms with Crippen molar-refractivity contribution in [1.82, 2.24) is 0 Å². The van der Waals surface area contributed by atoms with Crippen LogP contribution in [-0.4, -0.2) is 22.1 Å². The summed E-state index contributed by atoms with van der Waals surface area (Å²) >= 11 is 3.35. The van der Waals surface area contributed by atoms with Crippen molar-refractivity contribution in [3.8, 4) is 5.75 Å². The molecule has 0 aromatic heterocycles. The first-order valence-electron chi connectivity index (χ1n) is 7.25. The first-order chi connectivity index (χ1) is 10.8. The fraction of sp³-hybridized carbons (Fsp3) is 0.294. The van der Waals surface area contributed by atoms with Gasteiger partial charge in [0.25, 0.3) is 10.0 Å². The lowest BCUT2D eigenvalue weighted by Gasteiger charge is -2.25. The van der Waals surface area contributed by atoms with Gasteiger partial charge in [-0.05, 0) is 72.1 Å². The Morgan fingerprint density at radius 3 is 2.43 bits per heavy atom. The molecule has 0 radical (unpaired) electrons. The van der Waals surface area contributed by atoms with Gasteiger partial charge >= 0.3 is 0 Å². The molecule has 2 aromatic carbocycles. The summed E-state index contributed by atoms with van der Waals surface area (Å²) in [5.41, 5.74) is 2.73. The fourth-order valence-corrected chi connectivity index (χ4v) is 4.66. The van der Waals surface area contributed by atoms with E-state index in [1.54, 1.807) is 25.3 Å². The van der Waals surface area contributed by atoms with Crippen molar-refractivity contribution in [3.63, 3.8) is 0 Å². The molecule has 23 heavy (non-hydrogen) atoms. The predicted molar refractivity (Wildman–Crippen MR) is 96.8 cm³/mol. The normalized spacial score (nSPS) is 11.3. The third-order valence-electron chi connectivity index (χ3n) is 3.84. The van der Waals surface area contributed by atoms with Gasteiger partial charge in [-0.2, -0.15) is 0 Å². The Bertz CT molecular complexity index is 819. The number of anilines is 1. The Kier molecular flexibility index (Phi) is 5.37. The molecular weight excluding hydrogens is 378 g/mol. The minimum absolute atomic E-state index is 0.230. The quantitative estimate of drug-likeness (QED) is 0.755. The van der Waals surface area contributed by atoms with E-state index in [1.807, 2.05) is 39.0 Å². The molecule has 6 heteroatoms. The number of ether oxygens (including phenoxy) is 1. The van der Waals surface area contributed by atoms with E-state index in [4.69, 9.17) is 4.74 Å². The number of hydrogen-bond donors (Lipinski definition) is 0. The number of halogens is 1. The monoisotopic (exact) mass is 397 g/mol. The molecule has 2 aromatic rings. The van der Waals surface area contributed by atoms with Crippen molar-refractivity contribution >= 4 is 31.6 Å². The number of aryl methyl sites for hydroxylation is 1. The number of hydrogen-bond acceptors (Lipinski definition) is 3. The largest absolute Gasteiger partial charge is 0.496 e. The van der Waals surface area contributed by atoms with Gasteiger partial charge in [-0.15, -0.1) is 0 Å². The van der Waals surface area contributed by atoms with Gasteiger partial charge in [0.15, 0.2) is 0 Å². The molecule has 0 spiro atoms. The van der Waals surface area contributed by atoms with E-state index in [0.29, 0.717) is 22.5 Å². The lowest BCUT2D eigenvalue weighted by atomic mass is 10.1. The van der Waals surface area contributed by atoms with E-state index in [0.717, 1.165) is 11.1 Å². The molecule has 0 saturated carbocycles. The van der Waals surface area contributed by atoms with Gasteiger partial charge in [-0.3, -0.25) is 4.31 Å². The summed E-state index contributed by atoms with van der Waals surface area (Å²) in [5, 5.41) is 0. The average molecular weight is 398 g/mol. The van der Waals surface area contributed by atoms with Crippen molar-refractivity contribution in [2.24, 2.45) is 0 Å². The molecule has 0 fully saturated rings. The summed E-state index contributed by atoms with van der Waals surface area (Å²) in [5.74, 6) is 0.596. The van der Waals surface area contributed by atoms with Gasteiger partial charge in [0.1, 0.15) is 5.75 Å². The molecule has 0 aliphatic rings. The minimum atomic E-state index is -3.64. The van der Waals surface area contributed by atoms with E-state index >= 15 is 0 Å². The predicted octanol–water partition coefficient (Wildman–Crippen LogP) is 4.29. The third-order valence-corrected chi connectivity index (χ3v) is 6.35. The molecule has 0 amide bonds. The highest BCUT2D eigenvalue weighted by molar-refractivity contribution is 9.10. The van der Waals surface area contributed by atoms with Crippen LogP contribution >= 0.6 is 15.9 Å². The van der Waals surface area contributed by atoms with Gasteiger partial charge in [0.2, 0.25) is 0 Å². The van der Waals surface area contributed by atoms with Crippen LogP contribution in [0.2, 0.25) is 0 Å². The summed E-state index contributed by atoms with van der Waals surface area (Å²) in [6, 6.07) is 10.5. The van der Waals surface area contributed by atoms with Crippen LogP contribution in [0.3, 0.4) is 0 Å². The molecular formula is C17H20BrNO3S. The first kappa shape index (κ1) is 17.8. The van der Waals surface area contributed by atoms with Crippen LogP contribution < -0.4 is 9.04 Å². The molecule has 0 heterocycles. The number of benzene rings is 2. The van der Waals surface area contributed by atoms with Crippen molar-refractivity contribution in [3.05, 3.63) is 52.0 Å². The zero-order valence-electron chi connectivity index (χ0n) is 13.6. The highest BCUT2D eigenvalue weighted by Crippen LogP contribution is 2.32. The Morgan fingerprint density at radius 2 is 1.87 bits per heavy atom. The van der Waals surface area contributed by atoms with Crippen LogP contribution in [0.25, 0.3) is 0 Å². The van der Waals surface area contributed by atoms with E-state index in [2.05, 4.69) is 15.9 Å². The van der Waals surface area contributed by atoms with E-state index in [9.17, 15) is 8.42 Å². The highest BCUT2D eigenvalue weighted by atomic mass is 79.9. The zero-order chi connectivity index (χ0) is 17.2. The zero-order valence-corrected chi connectivity index (χ0v) is 16.0. The van der Waals surface area contributed by atoms with Gasteiger partial charge < -0.3 is 4.74 Å². The number of nitrogens with zero attached hydrogens (tertiary/aromatic N) is 1. The maximum absolute atomic E-state index is 13.0. The van der Waals surface area contributed by atoms with Crippen LogP contribution in [-0.2, 0) is 10.0 Å². The fourth-order valence-electron chi connectivity index (χ4n) is 2.41. The topological polar surface area (TPSA) is 46.6 Å². The maximum Gasteiger partial charge on any atom is 0.264 e. The lowest BCUT2D eigenvalue weighted by molar-refractivity contribution is 0.411. The smallest absolute Gasteiger partial charge is 0.264 e. The van der Waals surface area contributed by atoms with E-state index < -0.39 is 10.0 Å². The van der Waals surface area contributed by atoms with Gasteiger partial charge in [0, 0.05) is 6.54 Å². The van der Waals surface area contributed by atoms with Crippen molar-refractivity contribution < 1.29 is 13.2 Å². The van der Waals surface area contributed by atoms with Gasteiger partial charge in [-0.1, -0.05) is 12.1 Å². The minimum Gasteiger partial charge on any atom is -0.496 e. The lowest BCUT2D eigenvalue weighted by Crippen LogP contribution is -2.31. The first-order valence-corrected chi connectivity index (χ1v) is 9.48. The Balaban J connectivity index is 2.56. The summed E-state index contributed by atoms with van der Waals surface area (Å²) < 4.78 is 33.3. The van der Waals surface area contributed by atoms with E-state index in [-0.39, 0.29) is 4.90 Å². The molecule has 124 valence electrons. The molecule has 0 aliphatic carbocycles. The second-order valence-electron chi connectivity index (χ2n) is 5.19. The van der Waals surface area contributed by atoms with Crippen molar-refractivity contribution in [2.45, 2.75) is 25.7 Å². The average Bonchev–Trinajstić information content (AvgIpc) is 2.51. The number of rotatable bonds is 5. The Hall–Kier alpha value is -1.53. The Morgan fingerprint density at radius 1 is 1.17 bits per heavy atom. The number of methoxy groups -OCH3 is 1. The van der Waals surface area contributed by atoms with Gasteiger partial charge in [-0.25, -0.2) is 8.42 Å². The van der Waals surface area contributed by atoms with Crippen LogP contribution in [0.5, 0.6) is 5.75 Å². The Labute approximate surface area is 146 Å². The standard InChI is InChI=1S/C17H20BrNO3S/c1-5-19(16-8-6-7-12(2)13(16)3)23(20,21)14-9-10-17(22-4)15(18)11-14/h6-11H,5H2,1-4H3. The van der Waals surface area contributed by atoms with Crippen LogP contribution in [0.4, 0.5) is 5.69 Å². The molecule has 0 unspecified atom stereocenters. The maximum atomic E-state index is 13.0. The molecule has 0 aliphatic heterocycles. The van der Waals surface area contributed by atoms with Crippen LogP contribution in [0.1, 0.15) is 18.1 Å². The van der Waals surface area contributed by atoms with Crippen molar-refractivity contribution in [2.75, 3.05) is 18.0 Å². The molecule has 0 N–H and O–H groups in total. The summed E-state index contributed by atoms with van der Waals surface area (Å²) in [6.07, 6.45) is 0. The molecule has 4 nitrogen and oxygen atoms in total. The van der Waals surface area contributed by atoms with Gasteiger partial charge in [0.05, 0.1) is 22.2 Å². The summed E-state index contributed by atoms with van der Waals surface area (Å²) in [4.78, 5) is 0.230. The molecule has 0 atom stereocenters. The third kappa shape index (κ3) is 3.38. The second-order valence-corrected chi connectivity index (χ2v) is 7.90. The summed E-state index contributed by atoms with van der Waals surface area (Å²) in [6.45, 7) is 6.10.